The third-order valence-electron chi connectivity index (χ3n) is 4.14. The molecule has 4 heteroatoms. The number of aryl methyl sites for hydroxylation is 1. The highest BCUT2D eigenvalue weighted by Gasteiger charge is 2.13. The second-order valence-electron chi connectivity index (χ2n) is 5.44. The number of aromatic nitrogens is 1. The monoisotopic (exact) mass is 290 g/mol. The minimum absolute atomic E-state index is 0.00978. The first-order valence-corrected chi connectivity index (χ1v) is 7.12. The Bertz CT molecular complexity index is 634. The highest BCUT2D eigenvalue weighted by molar-refractivity contribution is 5.36. The summed E-state index contributed by atoms with van der Waals surface area (Å²) in [5, 5.41) is 3.44. The van der Waals surface area contributed by atoms with Crippen molar-refractivity contribution in [2.45, 2.75) is 33.4 Å². The summed E-state index contributed by atoms with van der Waals surface area (Å²) in [5.41, 5.74) is 4.58. The number of halogens is 1. The van der Waals surface area contributed by atoms with Gasteiger partial charge in [-0.05, 0) is 50.6 Å². The summed E-state index contributed by atoms with van der Waals surface area (Å²) in [6, 6.07) is 6.80. The second-order valence-corrected chi connectivity index (χ2v) is 5.44. The maximum atomic E-state index is 13.4. The largest absolute Gasteiger partial charge is 0.496 e. The zero-order valence-corrected chi connectivity index (χ0v) is 13.3. The van der Waals surface area contributed by atoms with Gasteiger partial charge in [0.2, 0.25) is 0 Å². The molecule has 2 rings (SSSR count). The Balaban J connectivity index is 2.13. The normalized spacial score (nSPS) is 12.5. The van der Waals surface area contributed by atoms with Gasteiger partial charge in [0.15, 0.2) is 0 Å². The van der Waals surface area contributed by atoms with Gasteiger partial charge in [-0.15, -0.1) is 0 Å². The van der Waals surface area contributed by atoms with Crippen LogP contribution in [0.2, 0.25) is 0 Å². The van der Waals surface area contributed by atoms with Gasteiger partial charge in [0.1, 0.15) is 11.6 Å². The molecular formula is C17H23FN2O. The summed E-state index contributed by atoms with van der Waals surface area (Å²) in [6.45, 7) is 6.96. The SMILES string of the molecule is COc1ccc(F)cc1C(C)NCc1cc(C)n(C)c1C. The van der Waals surface area contributed by atoms with E-state index in [1.54, 1.807) is 13.2 Å². The van der Waals surface area contributed by atoms with E-state index in [1.165, 1.54) is 29.1 Å². The van der Waals surface area contributed by atoms with Gasteiger partial charge in [-0.2, -0.15) is 0 Å². The molecule has 0 radical (unpaired) electrons. The van der Waals surface area contributed by atoms with E-state index in [0.29, 0.717) is 5.75 Å². The summed E-state index contributed by atoms with van der Waals surface area (Å²) in [7, 11) is 3.67. The number of ether oxygens (including phenoxy) is 1. The predicted octanol–water partition coefficient (Wildman–Crippen LogP) is 3.64. The van der Waals surface area contributed by atoms with Gasteiger partial charge in [0, 0.05) is 36.6 Å². The Morgan fingerprint density at radius 1 is 1.29 bits per heavy atom. The molecule has 1 atom stereocenters. The molecule has 1 N–H and O–H groups in total. The fourth-order valence-electron chi connectivity index (χ4n) is 2.53. The Kier molecular flexibility index (Phi) is 4.68. The van der Waals surface area contributed by atoms with E-state index in [9.17, 15) is 4.39 Å². The number of hydrogen-bond acceptors (Lipinski definition) is 2. The highest BCUT2D eigenvalue weighted by Crippen LogP contribution is 2.26. The molecule has 1 aromatic carbocycles. The number of nitrogens with one attached hydrogen (secondary N) is 1. The summed E-state index contributed by atoms with van der Waals surface area (Å²) in [4.78, 5) is 0. The third kappa shape index (κ3) is 3.27. The van der Waals surface area contributed by atoms with Crippen LogP contribution in [0.15, 0.2) is 24.3 Å². The molecule has 0 spiro atoms. The van der Waals surface area contributed by atoms with Crippen LogP contribution in [0.5, 0.6) is 5.75 Å². The molecule has 114 valence electrons. The maximum absolute atomic E-state index is 13.4. The van der Waals surface area contributed by atoms with Crippen LogP contribution in [0.1, 0.15) is 35.5 Å². The first-order valence-electron chi connectivity index (χ1n) is 7.12. The van der Waals surface area contributed by atoms with Crippen molar-refractivity contribution in [2.24, 2.45) is 7.05 Å². The van der Waals surface area contributed by atoms with Crippen LogP contribution < -0.4 is 10.1 Å². The van der Waals surface area contributed by atoms with Gasteiger partial charge in [-0.1, -0.05) is 0 Å². The molecule has 0 aliphatic carbocycles. The zero-order chi connectivity index (χ0) is 15.6. The Labute approximate surface area is 125 Å². The summed E-state index contributed by atoms with van der Waals surface area (Å²) in [5.74, 6) is 0.462. The standard InChI is InChI=1S/C17H23FN2O/c1-11-8-14(13(3)20(11)4)10-19-12(2)16-9-15(18)6-7-17(16)21-5/h6-9,12,19H,10H2,1-5H3. The number of hydrogen-bond donors (Lipinski definition) is 1. The minimum Gasteiger partial charge on any atom is -0.496 e. The lowest BCUT2D eigenvalue weighted by atomic mass is 10.1. The van der Waals surface area contributed by atoms with E-state index in [2.05, 4.69) is 36.8 Å². The van der Waals surface area contributed by atoms with Crippen molar-refractivity contribution in [3.05, 3.63) is 52.6 Å². The number of nitrogens with zero attached hydrogens (tertiary/aromatic N) is 1. The lowest BCUT2D eigenvalue weighted by Gasteiger charge is -2.17. The summed E-state index contributed by atoms with van der Waals surface area (Å²) >= 11 is 0. The van der Waals surface area contributed by atoms with E-state index < -0.39 is 0 Å². The summed E-state index contributed by atoms with van der Waals surface area (Å²) < 4.78 is 20.9. The van der Waals surface area contributed by atoms with Crippen LogP contribution in [-0.2, 0) is 13.6 Å². The molecule has 0 saturated heterocycles. The maximum Gasteiger partial charge on any atom is 0.123 e. The molecule has 21 heavy (non-hydrogen) atoms. The van der Waals surface area contributed by atoms with E-state index in [0.717, 1.165) is 12.1 Å². The quantitative estimate of drug-likeness (QED) is 0.910. The Morgan fingerprint density at radius 3 is 2.57 bits per heavy atom. The zero-order valence-electron chi connectivity index (χ0n) is 13.3. The highest BCUT2D eigenvalue weighted by atomic mass is 19.1. The molecule has 0 amide bonds. The molecule has 0 bridgehead atoms. The Morgan fingerprint density at radius 2 is 2.00 bits per heavy atom. The molecule has 1 heterocycles. The third-order valence-corrected chi connectivity index (χ3v) is 4.14. The molecule has 0 fully saturated rings. The minimum atomic E-state index is -0.244. The molecular weight excluding hydrogens is 267 g/mol. The fourth-order valence-corrected chi connectivity index (χ4v) is 2.53. The van der Waals surface area contributed by atoms with Crippen LogP contribution in [0.25, 0.3) is 0 Å². The fraction of sp³-hybridized carbons (Fsp3) is 0.412. The second kappa shape index (κ2) is 6.31. The molecule has 0 aliphatic rings. The van der Waals surface area contributed by atoms with Crippen LogP contribution in [0.3, 0.4) is 0 Å². The average molecular weight is 290 g/mol. The Hall–Kier alpha value is -1.81. The van der Waals surface area contributed by atoms with Crippen molar-refractivity contribution in [1.29, 1.82) is 0 Å². The van der Waals surface area contributed by atoms with Gasteiger partial charge in [-0.25, -0.2) is 4.39 Å². The molecule has 2 aromatic rings. The lowest BCUT2D eigenvalue weighted by Crippen LogP contribution is -2.19. The van der Waals surface area contributed by atoms with Crippen LogP contribution in [-0.4, -0.2) is 11.7 Å². The molecule has 0 aliphatic heterocycles. The van der Waals surface area contributed by atoms with Gasteiger partial charge in [0.05, 0.1) is 7.11 Å². The number of rotatable bonds is 5. The molecule has 0 saturated carbocycles. The smallest absolute Gasteiger partial charge is 0.123 e. The van der Waals surface area contributed by atoms with Gasteiger partial charge >= 0.3 is 0 Å². The van der Waals surface area contributed by atoms with Crippen LogP contribution in [0, 0.1) is 19.7 Å². The summed E-state index contributed by atoms with van der Waals surface area (Å²) in [6.07, 6.45) is 0. The van der Waals surface area contributed by atoms with E-state index in [-0.39, 0.29) is 11.9 Å². The van der Waals surface area contributed by atoms with Crippen molar-refractivity contribution in [3.63, 3.8) is 0 Å². The topological polar surface area (TPSA) is 26.2 Å². The lowest BCUT2D eigenvalue weighted by molar-refractivity contribution is 0.399. The predicted molar refractivity (Wildman–Crippen MR) is 83.1 cm³/mol. The van der Waals surface area contributed by atoms with Crippen LogP contribution >= 0.6 is 0 Å². The van der Waals surface area contributed by atoms with Gasteiger partial charge in [0.25, 0.3) is 0 Å². The van der Waals surface area contributed by atoms with Crippen molar-refractivity contribution in [3.8, 4) is 5.75 Å². The van der Waals surface area contributed by atoms with Crippen LogP contribution in [0.4, 0.5) is 4.39 Å². The molecule has 3 nitrogen and oxygen atoms in total. The molecule has 1 unspecified atom stereocenters. The number of methoxy groups -OCH3 is 1. The van der Waals surface area contributed by atoms with E-state index in [1.807, 2.05) is 6.92 Å². The van der Waals surface area contributed by atoms with Gasteiger partial charge in [-0.3, -0.25) is 0 Å². The van der Waals surface area contributed by atoms with E-state index in [4.69, 9.17) is 4.74 Å². The van der Waals surface area contributed by atoms with E-state index >= 15 is 0 Å². The first kappa shape index (κ1) is 15.6. The van der Waals surface area contributed by atoms with Gasteiger partial charge < -0.3 is 14.6 Å². The van der Waals surface area contributed by atoms with Crippen molar-refractivity contribution < 1.29 is 9.13 Å². The van der Waals surface area contributed by atoms with Crippen molar-refractivity contribution in [2.75, 3.05) is 7.11 Å². The first-order chi connectivity index (χ1) is 9.93. The van der Waals surface area contributed by atoms with Crippen molar-refractivity contribution in [1.82, 2.24) is 9.88 Å². The molecule has 1 aromatic heterocycles. The average Bonchev–Trinajstić information content (AvgIpc) is 2.72. The number of benzene rings is 1. The van der Waals surface area contributed by atoms with Crippen molar-refractivity contribution >= 4 is 0 Å².